The predicted octanol–water partition coefficient (Wildman–Crippen LogP) is 0.306. The Morgan fingerprint density at radius 2 is 2.38 bits per heavy atom. The summed E-state index contributed by atoms with van der Waals surface area (Å²) >= 11 is 0. The van der Waals surface area contributed by atoms with E-state index in [9.17, 15) is 9.90 Å². The molecule has 0 radical (unpaired) electrons. The molecule has 0 spiro atoms. The third-order valence-corrected chi connectivity index (χ3v) is 2.63. The number of likely N-dealkylation sites (tertiary alicyclic amines) is 1. The molecule has 1 unspecified atom stereocenters. The van der Waals surface area contributed by atoms with Crippen LogP contribution in [0.1, 0.15) is 25.7 Å². The Morgan fingerprint density at radius 3 is 2.85 bits per heavy atom. The quantitative estimate of drug-likeness (QED) is 0.665. The molecule has 13 heavy (non-hydrogen) atoms. The number of carboxylic acid groups (broad SMARTS) is 1. The molecule has 2 N–H and O–H groups in total. The molecule has 0 aromatic rings. The minimum absolute atomic E-state index is 0.135. The molecular weight excluding hydrogens is 170 g/mol. The molecule has 0 aromatic heterocycles. The van der Waals surface area contributed by atoms with Crippen LogP contribution in [-0.2, 0) is 4.79 Å². The first-order valence-electron chi connectivity index (χ1n) is 4.69. The lowest BCUT2D eigenvalue weighted by atomic mass is 10.1. The maximum Gasteiger partial charge on any atom is 0.305 e. The molecule has 2 atom stereocenters. The van der Waals surface area contributed by atoms with Gasteiger partial charge in [-0.05, 0) is 32.9 Å². The van der Waals surface area contributed by atoms with Gasteiger partial charge in [-0.15, -0.1) is 0 Å². The van der Waals surface area contributed by atoms with Crippen LogP contribution in [0, 0.1) is 0 Å². The fraction of sp³-hybridized carbons (Fsp3) is 0.889. The minimum Gasteiger partial charge on any atom is -0.481 e. The highest BCUT2D eigenvalue weighted by atomic mass is 16.4. The second-order valence-corrected chi connectivity index (χ2v) is 3.76. The van der Waals surface area contributed by atoms with Crippen LogP contribution in [0.15, 0.2) is 0 Å². The topological polar surface area (TPSA) is 60.8 Å². The van der Waals surface area contributed by atoms with Crippen molar-refractivity contribution in [3.05, 3.63) is 0 Å². The molecule has 4 heteroatoms. The zero-order chi connectivity index (χ0) is 9.84. The largest absolute Gasteiger partial charge is 0.481 e. The highest BCUT2D eigenvalue weighted by molar-refractivity contribution is 5.67. The molecule has 1 aliphatic heterocycles. The van der Waals surface area contributed by atoms with Gasteiger partial charge in [0.1, 0.15) is 0 Å². The molecule has 0 amide bonds. The average molecular weight is 187 g/mol. The van der Waals surface area contributed by atoms with Gasteiger partial charge in [0.15, 0.2) is 0 Å². The van der Waals surface area contributed by atoms with Crippen LogP contribution < -0.4 is 0 Å². The van der Waals surface area contributed by atoms with E-state index >= 15 is 0 Å². The van der Waals surface area contributed by atoms with Crippen LogP contribution in [0.5, 0.6) is 0 Å². The molecule has 1 fully saturated rings. The molecule has 0 aliphatic carbocycles. The zero-order valence-electron chi connectivity index (χ0n) is 7.94. The van der Waals surface area contributed by atoms with Crippen molar-refractivity contribution in [2.24, 2.45) is 0 Å². The third-order valence-electron chi connectivity index (χ3n) is 2.63. The van der Waals surface area contributed by atoms with Gasteiger partial charge in [-0.25, -0.2) is 0 Å². The summed E-state index contributed by atoms with van der Waals surface area (Å²) in [6.45, 7) is 1.06. The van der Waals surface area contributed by atoms with Crippen molar-refractivity contribution in [1.82, 2.24) is 4.90 Å². The predicted molar refractivity (Wildman–Crippen MR) is 48.5 cm³/mol. The van der Waals surface area contributed by atoms with Gasteiger partial charge >= 0.3 is 5.97 Å². The van der Waals surface area contributed by atoms with E-state index in [0.29, 0.717) is 12.5 Å². The van der Waals surface area contributed by atoms with Gasteiger partial charge in [-0.2, -0.15) is 0 Å². The molecule has 1 heterocycles. The van der Waals surface area contributed by atoms with Crippen LogP contribution in [0.25, 0.3) is 0 Å². The summed E-state index contributed by atoms with van der Waals surface area (Å²) in [5.74, 6) is -0.923. The van der Waals surface area contributed by atoms with E-state index in [4.69, 9.17) is 5.11 Å². The van der Waals surface area contributed by atoms with E-state index in [1.807, 2.05) is 7.05 Å². The highest BCUT2D eigenvalue weighted by Gasteiger charge is 2.24. The molecule has 1 aliphatic rings. The molecule has 76 valence electrons. The van der Waals surface area contributed by atoms with Crippen molar-refractivity contribution in [3.63, 3.8) is 0 Å². The minimum atomic E-state index is -0.923. The standard InChI is InChI=1S/C9H17NO3/c1-10-4-2-3-7(10)5-8(11)6-9(12)13/h7-8,11H,2-6H2,1H3,(H,12,13)/t7?,8-/m1/s1. The van der Waals surface area contributed by atoms with Crippen LogP contribution in [-0.4, -0.2) is 46.8 Å². The maximum absolute atomic E-state index is 10.3. The van der Waals surface area contributed by atoms with Crippen molar-refractivity contribution >= 4 is 5.97 Å². The average Bonchev–Trinajstić information content (AvgIpc) is 2.34. The summed E-state index contributed by atoms with van der Waals surface area (Å²) in [6, 6.07) is 0.370. The summed E-state index contributed by atoms with van der Waals surface area (Å²) in [7, 11) is 2.02. The van der Waals surface area contributed by atoms with Crippen molar-refractivity contribution in [2.75, 3.05) is 13.6 Å². The number of carboxylic acids is 1. The van der Waals surface area contributed by atoms with Crippen LogP contribution in [0.3, 0.4) is 0 Å². The van der Waals surface area contributed by atoms with Crippen molar-refractivity contribution in [3.8, 4) is 0 Å². The zero-order valence-corrected chi connectivity index (χ0v) is 7.94. The van der Waals surface area contributed by atoms with Gasteiger partial charge in [0.25, 0.3) is 0 Å². The summed E-state index contributed by atoms with van der Waals surface area (Å²) < 4.78 is 0. The Morgan fingerprint density at radius 1 is 1.69 bits per heavy atom. The first kappa shape index (κ1) is 10.5. The third kappa shape index (κ3) is 3.32. The molecule has 1 saturated heterocycles. The molecular formula is C9H17NO3. The lowest BCUT2D eigenvalue weighted by molar-refractivity contribution is -0.139. The number of hydrogen-bond donors (Lipinski definition) is 2. The molecule has 1 rings (SSSR count). The monoisotopic (exact) mass is 187 g/mol. The Labute approximate surface area is 78.2 Å². The molecule has 0 saturated carbocycles. The number of carbonyl (C=O) groups is 1. The highest BCUT2D eigenvalue weighted by Crippen LogP contribution is 2.19. The Balaban J connectivity index is 2.26. The number of aliphatic carboxylic acids is 1. The van der Waals surface area contributed by atoms with Crippen LogP contribution in [0.4, 0.5) is 0 Å². The fourth-order valence-electron chi connectivity index (χ4n) is 1.88. The number of nitrogens with zero attached hydrogens (tertiary/aromatic N) is 1. The smallest absolute Gasteiger partial charge is 0.305 e. The number of aliphatic hydroxyl groups is 1. The van der Waals surface area contributed by atoms with E-state index in [1.165, 1.54) is 0 Å². The molecule has 0 aromatic carbocycles. The maximum atomic E-state index is 10.3. The Kier molecular flexibility index (Phi) is 3.69. The first-order chi connectivity index (χ1) is 6.09. The van der Waals surface area contributed by atoms with Crippen LogP contribution in [0.2, 0.25) is 0 Å². The van der Waals surface area contributed by atoms with Crippen molar-refractivity contribution in [1.29, 1.82) is 0 Å². The number of hydrogen-bond acceptors (Lipinski definition) is 3. The summed E-state index contributed by atoms with van der Waals surface area (Å²) in [5, 5.41) is 17.8. The van der Waals surface area contributed by atoms with Crippen molar-refractivity contribution in [2.45, 2.75) is 37.8 Å². The Bertz CT molecular complexity index is 184. The summed E-state index contributed by atoms with van der Waals surface area (Å²) in [5.41, 5.74) is 0. The lowest BCUT2D eigenvalue weighted by Crippen LogP contribution is -2.29. The summed E-state index contributed by atoms with van der Waals surface area (Å²) in [6.07, 6.45) is 1.99. The van der Waals surface area contributed by atoms with E-state index in [1.54, 1.807) is 0 Å². The second-order valence-electron chi connectivity index (χ2n) is 3.76. The lowest BCUT2D eigenvalue weighted by Gasteiger charge is -2.21. The SMILES string of the molecule is CN1CCCC1C[C@@H](O)CC(=O)O. The van der Waals surface area contributed by atoms with Crippen LogP contribution >= 0.6 is 0 Å². The molecule has 4 nitrogen and oxygen atoms in total. The summed E-state index contributed by atoms with van der Waals surface area (Å²) in [4.78, 5) is 12.5. The van der Waals surface area contributed by atoms with Crippen molar-refractivity contribution < 1.29 is 15.0 Å². The second kappa shape index (κ2) is 4.58. The van der Waals surface area contributed by atoms with Gasteiger partial charge < -0.3 is 15.1 Å². The van der Waals surface area contributed by atoms with Gasteiger partial charge in [0.05, 0.1) is 12.5 Å². The van der Waals surface area contributed by atoms with Gasteiger partial charge in [-0.1, -0.05) is 0 Å². The Hall–Kier alpha value is -0.610. The van der Waals surface area contributed by atoms with Gasteiger partial charge in [-0.3, -0.25) is 4.79 Å². The van der Waals surface area contributed by atoms with E-state index in [2.05, 4.69) is 4.90 Å². The number of rotatable bonds is 4. The van der Waals surface area contributed by atoms with E-state index < -0.39 is 12.1 Å². The first-order valence-corrected chi connectivity index (χ1v) is 4.69. The fourth-order valence-corrected chi connectivity index (χ4v) is 1.88. The van der Waals surface area contributed by atoms with E-state index in [0.717, 1.165) is 19.4 Å². The number of aliphatic hydroxyl groups excluding tert-OH is 1. The molecule has 0 bridgehead atoms. The van der Waals surface area contributed by atoms with E-state index in [-0.39, 0.29) is 6.42 Å². The van der Waals surface area contributed by atoms with Gasteiger partial charge in [0, 0.05) is 6.04 Å². The van der Waals surface area contributed by atoms with Gasteiger partial charge in [0.2, 0.25) is 0 Å². The normalized spacial score (nSPS) is 26.2.